The molecule has 19 heteroatoms. The Bertz CT molecular complexity index is 2120. The summed E-state index contributed by atoms with van der Waals surface area (Å²) in [6.45, 7) is 13.1. The fourth-order valence-corrected chi connectivity index (χ4v) is 8.91. The number of benzene rings is 1. The molecular formula is C41H51ClN8O10. The number of carboxylic acids is 1. The Morgan fingerprint density at radius 3 is 2.55 bits per heavy atom. The molecule has 2 aromatic heterocycles. The minimum atomic E-state index is -1.55. The van der Waals surface area contributed by atoms with Gasteiger partial charge in [-0.2, -0.15) is 0 Å². The number of aromatic amines is 1. The molecule has 18 nitrogen and oxygen atoms in total. The zero-order valence-electron chi connectivity index (χ0n) is 33.9. The number of nitrogens with one attached hydrogen (secondary N) is 3. The number of fused-ring (bicyclic) bond motifs is 2. The second kappa shape index (κ2) is 16.7. The van der Waals surface area contributed by atoms with E-state index < -0.39 is 58.9 Å². The molecule has 0 radical (unpaired) electrons. The normalized spacial score (nSPS) is 27.7. The van der Waals surface area contributed by atoms with Crippen LogP contribution in [0.25, 0.3) is 10.9 Å². The predicted molar refractivity (Wildman–Crippen MR) is 215 cm³/mol. The molecule has 5 aliphatic rings. The summed E-state index contributed by atoms with van der Waals surface area (Å²) in [7, 11) is 0. The molecule has 3 aliphatic carbocycles. The van der Waals surface area contributed by atoms with Gasteiger partial charge in [0.15, 0.2) is 0 Å². The summed E-state index contributed by atoms with van der Waals surface area (Å²) in [5.74, 6) is -0.993. The van der Waals surface area contributed by atoms with Crippen LogP contribution in [0.5, 0.6) is 23.4 Å². The number of morpholine rings is 1. The van der Waals surface area contributed by atoms with Crippen molar-refractivity contribution in [2.24, 2.45) is 23.2 Å². The van der Waals surface area contributed by atoms with E-state index in [1.165, 1.54) is 17.3 Å². The summed E-state index contributed by atoms with van der Waals surface area (Å²) < 4.78 is 29.8. The molecule has 3 amide bonds. The number of ether oxygens (including phenoxy) is 5. The minimum Gasteiger partial charge on any atom is -0.491 e. The van der Waals surface area contributed by atoms with Gasteiger partial charge < -0.3 is 44.3 Å². The number of hydrogen-bond acceptors (Lipinski definition) is 13. The highest BCUT2D eigenvalue weighted by Gasteiger charge is 2.61. The third-order valence-corrected chi connectivity index (χ3v) is 12.6. The molecule has 0 unspecified atom stereocenters. The number of rotatable bonds is 15. The van der Waals surface area contributed by atoms with Crippen molar-refractivity contribution in [3.8, 4) is 23.4 Å². The number of amides is 3. The van der Waals surface area contributed by atoms with E-state index in [1.54, 1.807) is 18.2 Å². The maximum absolute atomic E-state index is 14.7. The number of pyridine rings is 1. The van der Waals surface area contributed by atoms with Gasteiger partial charge in [0, 0.05) is 43.4 Å². The highest BCUT2D eigenvalue weighted by atomic mass is 35.5. The molecule has 2 saturated heterocycles. The largest absolute Gasteiger partial charge is 0.491 e. The van der Waals surface area contributed by atoms with Gasteiger partial charge in [-0.05, 0) is 55.1 Å². The van der Waals surface area contributed by atoms with Gasteiger partial charge in [-0.3, -0.25) is 19.5 Å². The van der Waals surface area contributed by atoms with Crippen LogP contribution in [0.1, 0.15) is 52.9 Å². The monoisotopic (exact) mass is 850 g/mol. The number of carboxylic acid groups (broad SMARTS) is 1. The molecule has 322 valence electrons. The van der Waals surface area contributed by atoms with Gasteiger partial charge in [-0.1, -0.05) is 43.5 Å². The van der Waals surface area contributed by atoms with Crippen LogP contribution in [0.4, 0.5) is 4.79 Å². The van der Waals surface area contributed by atoms with Gasteiger partial charge >= 0.3 is 18.1 Å². The van der Waals surface area contributed by atoms with Crippen LogP contribution in [-0.2, 0) is 23.9 Å². The number of nitrogens with zero attached hydrogens (tertiary/aromatic N) is 5. The smallest absolute Gasteiger partial charge is 0.408 e. The Labute approximate surface area is 351 Å². The van der Waals surface area contributed by atoms with E-state index in [-0.39, 0.29) is 48.2 Å². The SMILES string of the molecule is C=C[C@@H]1C[C@]1(NC(=O)[C@@H]1C[C@@H](Oc2cc(Oc3nnc[nH]3)nc3c(Cl)c(OCCN4CCOCC4)ccc23)CN1C(=O)[C@@H](NC(=O)O[C@@H]1C[C@@H]2C[C@@H]2C1)C(C)(C)C)C(=O)O. The number of aromatic nitrogens is 4. The van der Waals surface area contributed by atoms with Crippen molar-refractivity contribution in [2.75, 3.05) is 46.0 Å². The summed E-state index contributed by atoms with van der Waals surface area (Å²) in [4.78, 5) is 65.6. The average molecular weight is 851 g/mol. The topological polar surface area (TPSA) is 220 Å². The lowest BCUT2D eigenvalue weighted by atomic mass is 9.85. The van der Waals surface area contributed by atoms with Crippen LogP contribution in [0.2, 0.25) is 5.02 Å². The first-order valence-electron chi connectivity index (χ1n) is 20.4. The molecule has 0 bridgehead atoms. The summed E-state index contributed by atoms with van der Waals surface area (Å²) in [5.41, 5.74) is -2.06. The Hall–Kier alpha value is -5.20. The zero-order chi connectivity index (χ0) is 42.3. The number of halogens is 1. The number of aliphatic carboxylic acids is 1. The highest BCUT2D eigenvalue weighted by Crippen LogP contribution is 2.52. The van der Waals surface area contributed by atoms with E-state index in [2.05, 4.69) is 42.3 Å². The van der Waals surface area contributed by atoms with E-state index in [1.807, 2.05) is 20.8 Å². The molecule has 3 aromatic rings. The third kappa shape index (κ3) is 8.81. The van der Waals surface area contributed by atoms with Gasteiger partial charge in [0.05, 0.1) is 19.8 Å². The molecule has 2 aliphatic heterocycles. The number of alkyl carbamates (subject to hydrolysis) is 1. The molecular weight excluding hydrogens is 800 g/mol. The van der Waals surface area contributed by atoms with Crippen LogP contribution in [0.3, 0.4) is 0 Å². The lowest BCUT2D eigenvalue weighted by molar-refractivity contribution is -0.146. The molecule has 60 heavy (non-hydrogen) atoms. The molecule has 4 N–H and O–H groups in total. The molecule has 1 aromatic carbocycles. The molecule has 0 spiro atoms. The van der Waals surface area contributed by atoms with Crippen LogP contribution < -0.4 is 24.8 Å². The van der Waals surface area contributed by atoms with Crippen molar-refractivity contribution in [1.82, 2.24) is 40.6 Å². The fraction of sp³-hybridized carbons (Fsp3) is 0.585. The van der Waals surface area contributed by atoms with Crippen molar-refractivity contribution in [3.05, 3.63) is 42.2 Å². The van der Waals surface area contributed by atoms with Gasteiger partial charge in [0.1, 0.15) is 64.8 Å². The zero-order valence-corrected chi connectivity index (χ0v) is 34.6. The quantitative estimate of drug-likeness (QED) is 0.159. The van der Waals surface area contributed by atoms with Crippen molar-refractivity contribution in [1.29, 1.82) is 0 Å². The minimum absolute atomic E-state index is 0.0171. The number of carbonyl (C=O) groups is 4. The van der Waals surface area contributed by atoms with E-state index >= 15 is 0 Å². The number of hydrogen-bond donors (Lipinski definition) is 4. The van der Waals surface area contributed by atoms with E-state index in [4.69, 9.17) is 35.3 Å². The Kier molecular flexibility index (Phi) is 11.6. The first kappa shape index (κ1) is 41.5. The van der Waals surface area contributed by atoms with Crippen molar-refractivity contribution in [3.63, 3.8) is 0 Å². The highest BCUT2D eigenvalue weighted by molar-refractivity contribution is 6.36. The van der Waals surface area contributed by atoms with Crippen LogP contribution >= 0.6 is 11.6 Å². The predicted octanol–water partition coefficient (Wildman–Crippen LogP) is 3.94. The lowest BCUT2D eigenvalue weighted by Crippen LogP contribution is -2.59. The van der Waals surface area contributed by atoms with Crippen molar-refractivity contribution < 1.29 is 48.0 Å². The lowest BCUT2D eigenvalue weighted by Gasteiger charge is -2.35. The van der Waals surface area contributed by atoms with Crippen molar-refractivity contribution >= 4 is 46.4 Å². The molecule has 4 heterocycles. The second-order valence-electron chi connectivity index (χ2n) is 17.4. The Morgan fingerprint density at radius 2 is 1.88 bits per heavy atom. The van der Waals surface area contributed by atoms with Crippen molar-refractivity contribution in [2.45, 2.75) is 82.7 Å². The Balaban J connectivity index is 1.07. The summed E-state index contributed by atoms with van der Waals surface area (Å²) in [6.07, 6.45) is 4.04. The van der Waals surface area contributed by atoms with Gasteiger partial charge in [0.25, 0.3) is 0 Å². The first-order chi connectivity index (χ1) is 28.7. The summed E-state index contributed by atoms with van der Waals surface area (Å²) >= 11 is 6.96. The number of likely N-dealkylation sites (tertiary alicyclic amines) is 1. The van der Waals surface area contributed by atoms with E-state index in [0.717, 1.165) is 32.4 Å². The average Bonchev–Trinajstić information content (AvgIpc) is 3.85. The first-order valence-corrected chi connectivity index (χ1v) is 20.8. The van der Waals surface area contributed by atoms with Crippen LogP contribution in [0.15, 0.2) is 37.2 Å². The number of H-pyrrole nitrogens is 1. The maximum atomic E-state index is 14.7. The van der Waals surface area contributed by atoms with Gasteiger partial charge in [0.2, 0.25) is 17.7 Å². The molecule has 8 atom stereocenters. The molecule has 8 rings (SSSR count). The van der Waals surface area contributed by atoms with E-state index in [0.29, 0.717) is 54.9 Å². The summed E-state index contributed by atoms with van der Waals surface area (Å²) in [5, 5.41) is 24.0. The standard InChI is InChI=1S/C41H51ClN8O10/c1-5-24-19-41(24,37(53)54)47-35(51)28-17-26(20-50(28)36(52)34(40(2,3)4)46-39(55)59-25-15-22-14-23(22)16-25)58-30-18-31(60-38-43-21-44-48-38)45-33-27(30)6-7-29(32(33)42)57-13-10-49-8-11-56-12-9-49/h5-7,18,21-26,28,34H,1,8-17,19-20H2,2-4H3,(H,46,55)(H,47,51)(H,53,54)(H,43,44,48)/t22-,23+,24-,25+,26-,28+,34-,41-/m1/s1. The Morgan fingerprint density at radius 1 is 1.12 bits per heavy atom. The summed E-state index contributed by atoms with van der Waals surface area (Å²) in [6, 6.07) is 2.81. The van der Waals surface area contributed by atoms with Gasteiger partial charge in [-0.15, -0.1) is 11.7 Å². The van der Waals surface area contributed by atoms with Crippen LogP contribution in [-0.4, -0.2) is 135 Å². The van der Waals surface area contributed by atoms with E-state index in [9.17, 15) is 24.3 Å². The fourth-order valence-electron chi connectivity index (χ4n) is 8.65. The maximum Gasteiger partial charge on any atom is 0.408 e. The second-order valence-corrected chi connectivity index (χ2v) is 17.8. The molecule has 5 fully saturated rings. The molecule has 3 saturated carbocycles. The third-order valence-electron chi connectivity index (χ3n) is 12.2. The van der Waals surface area contributed by atoms with Gasteiger partial charge in [-0.25, -0.2) is 14.6 Å². The number of carbonyl (C=O) groups excluding carboxylic acids is 3. The van der Waals surface area contributed by atoms with Crippen LogP contribution in [0, 0.1) is 23.2 Å².